The number of aromatic nitrogens is 2. The molecule has 3 rings (SSSR count). The summed E-state index contributed by atoms with van der Waals surface area (Å²) in [6.07, 6.45) is 0. The summed E-state index contributed by atoms with van der Waals surface area (Å²) in [5, 5.41) is 0. The van der Waals surface area contributed by atoms with Gasteiger partial charge in [0.05, 0.1) is 17.6 Å². The van der Waals surface area contributed by atoms with E-state index in [-0.39, 0.29) is 0 Å². The molecule has 0 atom stereocenters. The summed E-state index contributed by atoms with van der Waals surface area (Å²) in [5.41, 5.74) is 5.71. The Morgan fingerprint density at radius 2 is 1.73 bits per heavy atom. The molecule has 0 bridgehead atoms. The molecule has 1 aromatic heterocycles. The minimum Gasteiger partial charge on any atom is -0.493 e. The van der Waals surface area contributed by atoms with E-state index in [1.165, 1.54) is 11.1 Å². The molecule has 0 unspecified atom stereocenters. The van der Waals surface area contributed by atoms with Crippen LogP contribution < -0.4 is 4.74 Å². The van der Waals surface area contributed by atoms with E-state index in [2.05, 4.69) is 44.8 Å². The number of hydrogen-bond donors (Lipinski definition) is 1. The number of benzene rings is 2. The van der Waals surface area contributed by atoms with Crippen LogP contribution in [0.3, 0.4) is 0 Å². The number of nitrogens with one attached hydrogen (secondary N) is 1. The third-order valence-corrected chi connectivity index (χ3v) is 3.81. The Kier molecular flexibility index (Phi) is 3.88. The zero-order chi connectivity index (χ0) is 15.7. The van der Waals surface area contributed by atoms with Crippen molar-refractivity contribution in [2.75, 3.05) is 6.61 Å². The number of aryl methyl sites for hydroxylation is 2. The highest BCUT2D eigenvalue weighted by Crippen LogP contribution is 2.24. The minimum atomic E-state index is 0.529. The van der Waals surface area contributed by atoms with Crippen LogP contribution in [0.4, 0.5) is 0 Å². The maximum atomic E-state index is 5.72. The van der Waals surface area contributed by atoms with Crippen molar-refractivity contribution >= 4 is 11.0 Å². The molecular weight excluding hydrogens is 272 g/mol. The van der Waals surface area contributed by atoms with Gasteiger partial charge in [0.25, 0.3) is 0 Å². The summed E-state index contributed by atoms with van der Waals surface area (Å²) in [7, 11) is 0. The Hall–Kier alpha value is -2.29. The fourth-order valence-electron chi connectivity index (χ4n) is 2.38. The van der Waals surface area contributed by atoms with Gasteiger partial charge >= 0.3 is 0 Å². The molecule has 2 aromatic carbocycles. The second-order valence-corrected chi connectivity index (χ2v) is 6.27. The molecule has 3 nitrogen and oxygen atoms in total. The topological polar surface area (TPSA) is 37.9 Å². The minimum absolute atomic E-state index is 0.529. The number of nitrogens with zero attached hydrogens (tertiary/aromatic N) is 1. The van der Waals surface area contributed by atoms with Crippen LogP contribution in [0.25, 0.3) is 22.4 Å². The molecule has 0 fully saturated rings. The maximum Gasteiger partial charge on any atom is 0.138 e. The monoisotopic (exact) mass is 294 g/mol. The predicted octanol–water partition coefficient (Wildman–Crippen LogP) is 4.88. The fraction of sp³-hybridized carbons (Fsp3) is 0.316. The molecule has 1 heterocycles. The highest BCUT2D eigenvalue weighted by Gasteiger charge is 2.07. The molecule has 0 aliphatic carbocycles. The van der Waals surface area contributed by atoms with E-state index in [4.69, 9.17) is 9.72 Å². The quantitative estimate of drug-likeness (QED) is 0.744. The molecule has 0 saturated heterocycles. The van der Waals surface area contributed by atoms with E-state index in [0.717, 1.165) is 34.8 Å². The summed E-state index contributed by atoms with van der Waals surface area (Å²) in [4.78, 5) is 8.09. The molecule has 0 amide bonds. The van der Waals surface area contributed by atoms with Crippen LogP contribution >= 0.6 is 0 Å². The number of H-pyrrole nitrogens is 1. The molecule has 0 aliphatic heterocycles. The average molecular weight is 294 g/mol. The van der Waals surface area contributed by atoms with Gasteiger partial charge in [-0.3, -0.25) is 0 Å². The number of aromatic amines is 1. The number of hydrogen-bond acceptors (Lipinski definition) is 2. The Morgan fingerprint density at radius 3 is 2.41 bits per heavy atom. The average Bonchev–Trinajstić information content (AvgIpc) is 2.89. The van der Waals surface area contributed by atoms with Gasteiger partial charge in [-0.2, -0.15) is 0 Å². The third kappa shape index (κ3) is 2.98. The van der Waals surface area contributed by atoms with E-state index in [0.29, 0.717) is 5.92 Å². The van der Waals surface area contributed by atoms with Crippen LogP contribution in [0, 0.1) is 19.8 Å². The van der Waals surface area contributed by atoms with Crippen molar-refractivity contribution in [2.45, 2.75) is 27.7 Å². The first-order valence-electron chi connectivity index (χ1n) is 7.73. The van der Waals surface area contributed by atoms with E-state index < -0.39 is 0 Å². The lowest BCUT2D eigenvalue weighted by atomic mass is 10.1. The lowest BCUT2D eigenvalue weighted by Crippen LogP contribution is -2.04. The van der Waals surface area contributed by atoms with Gasteiger partial charge in [-0.15, -0.1) is 0 Å². The van der Waals surface area contributed by atoms with Crippen molar-refractivity contribution in [3.63, 3.8) is 0 Å². The second kappa shape index (κ2) is 5.84. The Morgan fingerprint density at radius 1 is 1.05 bits per heavy atom. The first-order chi connectivity index (χ1) is 10.5. The highest BCUT2D eigenvalue weighted by molar-refractivity contribution is 5.81. The lowest BCUT2D eigenvalue weighted by Gasteiger charge is -2.08. The van der Waals surface area contributed by atoms with Gasteiger partial charge in [-0.05, 0) is 67.3 Å². The van der Waals surface area contributed by atoms with Gasteiger partial charge in [0, 0.05) is 5.56 Å². The van der Waals surface area contributed by atoms with Gasteiger partial charge < -0.3 is 9.72 Å². The molecule has 1 N–H and O–H groups in total. The van der Waals surface area contributed by atoms with Gasteiger partial charge in [0.1, 0.15) is 11.6 Å². The summed E-state index contributed by atoms with van der Waals surface area (Å²) in [6, 6.07) is 12.4. The van der Waals surface area contributed by atoms with Gasteiger partial charge in [-0.25, -0.2) is 4.98 Å². The van der Waals surface area contributed by atoms with Crippen molar-refractivity contribution in [3.05, 3.63) is 47.5 Å². The molecule has 3 heteroatoms. The first-order valence-corrected chi connectivity index (χ1v) is 7.73. The molecule has 0 radical (unpaired) electrons. The van der Waals surface area contributed by atoms with E-state index >= 15 is 0 Å². The number of imidazole rings is 1. The molecule has 22 heavy (non-hydrogen) atoms. The van der Waals surface area contributed by atoms with E-state index in [1.807, 2.05) is 24.3 Å². The zero-order valence-electron chi connectivity index (χ0n) is 13.6. The Labute approximate surface area is 131 Å². The summed E-state index contributed by atoms with van der Waals surface area (Å²) >= 11 is 0. The number of ether oxygens (including phenoxy) is 1. The van der Waals surface area contributed by atoms with Gasteiger partial charge in [0.2, 0.25) is 0 Å². The van der Waals surface area contributed by atoms with Crippen LogP contribution in [-0.4, -0.2) is 16.6 Å². The van der Waals surface area contributed by atoms with E-state index in [9.17, 15) is 0 Å². The van der Waals surface area contributed by atoms with Crippen molar-refractivity contribution in [3.8, 4) is 17.1 Å². The van der Waals surface area contributed by atoms with Gasteiger partial charge in [-0.1, -0.05) is 13.8 Å². The molecule has 0 saturated carbocycles. The predicted molar refractivity (Wildman–Crippen MR) is 91.3 cm³/mol. The molecule has 3 aromatic rings. The van der Waals surface area contributed by atoms with Crippen LogP contribution in [-0.2, 0) is 0 Å². The Bertz CT molecular complexity index is 746. The van der Waals surface area contributed by atoms with Crippen molar-refractivity contribution in [1.82, 2.24) is 9.97 Å². The maximum absolute atomic E-state index is 5.72. The Balaban J connectivity index is 1.87. The van der Waals surface area contributed by atoms with Crippen LogP contribution in [0.1, 0.15) is 25.0 Å². The van der Waals surface area contributed by atoms with Crippen LogP contribution in [0.2, 0.25) is 0 Å². The van der Waals surface area contributed by atoms with Crippen LogP contribution in [0.15, 0.2) is 36.4 Å². The van der Waals surface area contributed by atoms with E-state index in [1.54, 1.807) is 0 Å². The lowest BCUT2D eigenvalue weighted by molar-refractivity contribution is 0.271. The second-order valence-electron chi connectivity index (χ2n) is 6.27. The molecular formula is C19H22N2O. The SMILES string of the molecule is Cc1cc2nc(-c3ccc(OCC(C)C)cc3)[nH]c2cc1C. The molecule has 0 spiro atoms. The molecule has 0 aliphatic rings. The smallest absolute Gasteiger partial charge is 0.138 e. The first kappa shape index (κ1) is 14.6. The fourth-order valence-corrected chi connectivity index (χ4v) is 2.38. The van der Waals surface area contributed by atoms with Crippen molar-refractivity contribution in [2.24, 2.45) is 5.92 Å². The van der Waals surface area contributed by atoms with Gasteiger partial charge in [0.15, 0.2) is 0 Å². The standard InChI is InChI=1S/C19H22N2O/c1-12(2)11-22-16-7-5-15(6-8-16)19-20-17-9-13(3)14(4)10-18(17)21-19/h5-10,12H,11H2,1-4H3,(H,20,21). The van der Waals surface area contributed by atoms with Crippen LogP contribution in [0.5, 0.6) is 5.75 Å². The third-order valence-electron chi connectivity index (χ3n) is 3.81. The summed E-state index contributed by atoms with van der Waals surface area (Å²) < 4.78 is 5.72. The number of rotatable bonds is 4. The normalized spacial score (nSPS) is 11.3. The largest absolute Gasteiger partial charge is 0.493 e. The summed E-state index contributed by atoms with van der Waals surface area (Å²) in [6.45, 7) is 9.27. The summed E-state index contributed by atoms with van der Waals surface area (Å²) in [5.74, 6) is 2.33. The highest BCUT2D eigenvalue weighted by atomic mass is 16.5. The van der Waals surface area contributed by atoms with Crippen molar-refractivity contribution in [1.29, 1.82) is 0 Å². The molecule has 114 valence electrons. The van der Waals surface area contributed by atoms with Crippen molar-refractivity contribution < 1.29 is 4.74 Å². The zero-order valence-corrected chi connectivity index (χ0v) is 13.6. The number of fused-ring (bicyclic) bond motifs is 1.